The van der Waals surface area contributed by atoms with Crippen LogP contribution in [0.15, 0.2) is 30.5 Å². The Kier molecular flexibility index (Phi) is 5.95. The molecule has 0 aliphatic heterocycles. The lowest BCUT2D eigenvalue weighted by molar-refractivity contribution is -0.121. The molecule has 0 aliphatic rings. The van der Waals surface area contributed by atoms with E-state index in [0.717, 1.165) is 11.3 Å². The average Bonchev–Trinajstić information content (AvgIpc) is 2.98. The van der Waals surface area contributed by atoms with Crippen molar-refractivity contribution in [3.05, 3.63) is 47.3 Å². The largest absolute Gasteiger partial charge is 0.496 e. The third-order valence-electron chi connectivity index (χ3n) is 3.78. The van der Waals surface area contributed by atoms with Gasteiger partial charge in [-0.1, -0.05) is 6.07 Å². The Bertz CT molecular complexity index is 724. The van der Waals surface area contributed by atoms with E-state index >= 15 is 0 Å². The van der Waals surface area contributed by atoms with Crippen molar-refractivity contribution in [2.24, 2.45) is 7.05 Å². The Morgan fingerprint density at radius 3 is 2.71 bits per heavy atom. The van der Waals surface area contributed by atoms with Crippen molar-refractivity contribution in [1.82, 2.24) is 15.1 Å². The Morgan fingerprint density at radius 2 is 2.08 bits per heavy atom. The fourth-order valence-electron chi connectivity index (χ4n) is 2.40. The minimum absolute atomic E-state index is 0.0303. The van der Waals surface area contributed by atoms with Gasteiger partial charge in [0.15, 0.2) is 0 Å². The van der Waals surface area contributed by atoms with Crippen LogP contribution in [0, 0.1) is 0 Å². The van der Waals surface area contributed by atoms with Gasteiger partial charge in [-0.05, 0) is 36.6 Å². The van der Waals surface area contributed by atoms with Crippen LogP contribution in [0.1, 0.15) is 28.0 Å². The summed E-state index contributed by atoms with van der Waals surface area (Å²) in [6.07, 6.45) is 3.31. The summed E-state index contributed by atoms with van der Waals surface area (Å²) in [7, 11) is 3.34. The van der Waals surface area contributed by atoms with E-state index in [1.54, 1.807) is 16.9 Å². The number of benzene rings is 1. The van der Waals surface area contributed by atoms with Crippen LogP contribution in [0.5, 0.6) is 5.75 Å². The Hall–Kier alpha value is -2.83. The van der Waals surface area contributed by atoms with Gasteiger partial charge in [0, 0.05) is 31.9 Å². The van der Waals surface area contributed by atoms with Crippen molar-refractivity contribution in [3.63, 3.8) is 0 Å². The van der Waals surface area contributed by atoms with Gasteiger partial charge in [0.2, 0.25) is 5.91 Å². The highest BCUT2D eigenvalue weighted by atomic mass is 16.5. The minimum atomic E-state index is -0.997. The number of aryl methyl sites for hydroxylation is 2. The number of nitrogens with one attached hydrogen (secondary N) is 1. The molecule has 1 heterocycles. The molecule has 7 nitrogen and oxygen atoms in total. The number of aromatic nitrogens is 2. The van der Waals surface area contributed by atoms with E-state index in [-0.39, 0.29) is 11.5 Å². The number of hydrogen-bond acceptors (Lipinski definition) is 4. The summed E-state index contributed by atoms with van der Waals surface area (Å²) >= 11 is 0. The number of carboxylic acid groups (broad SMARTS) is 1. The predicted octanol–water partition coefficient (Wildman–Crippen LogP) is 1.42. The van der Waals surface area contributed by atoms with Crippen molar-refractivity contribution in [1.29, 1.82) is 0 Å². The van der Waals surface area contributed by atoms with Crippen LogP contribution in [0.2, 0.25) is 0 Å². The number of aromatic carboxylic acids is 1. The lowest BCUT2D eigenvalue weighted by atomic mass is 10.1. The van der Waals surface area contributed by atoms with Gasteiger partial charge >= 0.3 is 5.97 Å². The molecule has 1 amide bonds. The zero-order chi connectivity index (χ0) is 17.5. The molecular weight excluding hydrogens is 310 g/mol. The first-order chi connectivity index (χ1) is 11.5. The second kappa shape index (κ2) is 8.14. The molecule has 24 heavy (non-hydrogen) atoms. The number of carboxylic acids is 1. The third kappa shape index (κ3) is 4.58. The average molecular weight is 331 g/mol. The molecule has 1 aromatic heterocycles. The molecule has 0 aliphatic carbocycles. The highest BCUT2D eigenvalue weighted by Crippen LogP contribution is 2.20. The molecular formula is C17H21N3O4. The molecule has 2 rings (SSSR count). The molecule has 2 N–H and O–H groups in total. The molecule has 1 aromatic carbocycles. The lowest BCUT2D eigenvalue weighted by Gasteiger charge is -2.10. The summed E-state index contributed by atoms with van der Waals surface area (Å²) in [6.45, 7) is 0.465. The molecule has 0 bridgehead atoms. The molecule has 0 saturated carbocycles. The summed E-state index contributed by atoms with van der Waals surface area (Å²) in [5.74, 6) is -0.514. The van der Waals surface area contributed by atoms with Gasteiger partial charge in [-0.3, -0.25) is 9.48 Å². The zero-order valence-electron chi connectivity index (χ0n) is 13.8. The van der Waals surface area contributed by atoms with Crippen LogP contribution in [0.3, 0.4) is 0 Å². The number of carbonyl (C=O) groups excluding carboxylic acids is 1. The number of amides is 1. The highest BCUT2D eigenvalue weighted by molar-refractivity contribution is 5.88. The van der Waals surface area contributed by atoms with Gasteiger partial charge in [0.25, 0.3) is 0 Å². The first-order valence-corrected chi connectivity index (χ1v) is 7.65. The van der Waals surface area contributed by atoms with Gasteiger partial charge in [-0.15, -0.1) is 0 Å². The number of rotatable bonds is 8. The van der Waals surface area contributed by atoms with Crippen molar-refractivity contribution in [2.45, 2.75) is 19.3 Å². The van der Waals surface area contributed by atoms with Gasteiger partial charge < -0.3 is 15.2 Å². The van der Waals surface area contributed by atoms with Crippen LogP contribution >= 0.6 is 0 Å². The summed E-state index contributed by atoms with van der Waals surface area (Å²) < 4.78 is 6.97. The molecule has 0 fully saturated rings. The molecule has 0 atom stereocenters. The number of nitrogens with zero attached hydrogens (tertiary/aromatic N) is 2. The fraction of sp³-hybridized carbons (Fsp3) is 0.353. The number of methoxy groups -OCH3 is 1. The van der Waals surface area contributed by atoms with Crippen LogP contribution < -0.4 is 10.1 Å². The van der Waals surface area contributed by atoms with Crippen molar-refractivity contribution in [2.75, 3.05) is 13.7 Å². The van der Waals surface area contributed by atoms with E-state index in [9.17, 15) is 9.59 Å². The topological polar surface area (TPSA) is 93.4 Å². The van der Waals surface area contributed by atoms with E-state index in [1.165, 1.54) is 19.2 Å². The molecule has 0 spiro atoms. The van der Waals surface area contributed by atoms with Gasteiger partial charge in [-0.25, -0.2) is 4.79 Å². The highest BCUT2D eigenvalue weighted by Gasteiger charge is 2.10. The van der Waals surface area contributed by atoms with Crippen LogP contribution in [0.25, 0.3) is 0 Å². The van der Waals surface area contributed by atoms with Crippen LogP contribution in [-0.4, -0.2) is 40.4 Å². The summed E-state index contributed by atoms with van der Waals surface area (Å²) in [6, 6.07) is 6.62. The first kappa shape index (κ1) is 17.5. The van der Waals surface area contributed by atoms with E-state index in [0.29, 0.717) is 31.6 Å². The summed E-state index contributed by atoms with van der Waals surface area (Å²) in [5, 5.41) is 15.9. The SMILES string of the molecule is COc1cc(C(=O)O)ccc1CCNC(=O)CCc1ccnn1C. The van der Waals surface area contributed by atoms with E-state index in [1.807, 2.05) is 13.1 Å². The Labute approximate surface area is 140 Å². The van der Waals surface area contributed by atoms with Crippen molar-refractivity contribution in [3.8, 4) is 5.75 Å². The first-order valence-electron chi connectivity index (χ1n) is 7.65. The Balaban J connectivity index is 1.82. The minimum Gasteiger partial charge on any atom is -0.496 e. The molecule has 128 valence electrons. The maximum Gasteiger partial charge on any atom is 0.335 e. The standard InChI is InChI=1S/C17H21N3O4/c1-20-14(8-10-19-20)5-6-16(21)18-9-7-12-3-4-13(17(22)23)11-15(12)24-2/h3-4,8,10-11H,5-7,9H2,1-2H3,(H,18,21)(H,22,23). The molecule has 0 saturated heterocycles. The maximum absolute atomic E-state index is 11.9. The third-order valence-corrected chi connectivity index (χ3v) is 3.78. The maximum atomic E-state index is 11.9. The van der Waals surface area contributed by atoms with E-state index < -0.39 is 5.97 Å². The summed E-state index contributed by atoms with van der Waals surface area (Å²) in [4.78, 5) is 22.8. The monoisotopic (exact) mass is 331 g/mol. The van der Waals surface area contributed by atoms with Crippen molar-refractivity contribution >= 4 is 11.9 Å². The second-order valence-electron chi connectivity index (χ2n) is 5.38. The van der Waals surface area contributed by atoms with Gasteiger partial charge in [-0.2, -0.15) is 5.10 Å². The molecule has 0 radical (unpaired) electrons. The number of hydrogen-bond donors (Lipinski definition) is 2. The normalized spacial score (nSPS) is 10.4. The number of ether oxygens (including phenoxy) is 1. The number of carbonyl (C=O) groups is 2. The molecule has 2 aromatic rings. The van der Waals surface area contributed by atoms with E-state index in [2.05, 4.69) is 10.4 Å². The van der Waals surface area contributed by atoms with Crippen LogP contribution in [0.4, 0.5) is 0 Å². The van der Waals surface area contributed by atoms with Gasteiger partial charge in [0.05, 0.1) is 12.7 Å². The van der Waals surface area contributed by atoms with Gasteiger partial charge in [0.1, 0.15) is 5.75 Å². The molecule has 7 heteroatoms. The van der Waals surface area contributed by atoms with Crippen molar-refractivity contribution < 1.29 is 19.4 Å². The fourth-order valence-corrected chi connectivity index (χ4v) is 2.40. The second-order valence-corrected chi connectivity index (χ2v) is 5.38. The lowest BCUT2D eigenvalue weighted by Crippen LogP contribution is -2.26. The quantitative estimate of drug-likeness (QED) is 0.763. The predicted molar refractivity (Wildman–Crippen MR) is 88.2 cm³/mol. The van der Waals surface area contributed by atoms with Crippen LogP contribution in [-0.2, 0) is 24.7 Å². The zero-order valence-corrected chi connectivity index (χ0v) is 13.8. The molecule has 0 unspecified atom stereocenters. The Morgan fingerprint density at radius 1 is 1.29 bits per heavy atom. The summed E-state index contributed by atoms with van der Waals surface area (Å²) in [5.41, 5.74) is 2.04. The van der Waals surface area contributed by atoms with E-state index in [4.69, 9.17) is 9.84 Å². The smallest absolute Gasteiger partial charge is 0.335 e.